The first kappa shape index (κ1) is 15.0. The number of rotatable bonds is 4. The first-order valence-corrected chi connectivity index (χ1v) is 8.46. The Labute approximate surface area is 128 Å². The highest BCUT2D eigenvalue weighted by Crippen LogP contribution is 2.29. The molecule has 1 saturated carbocycles. The van der Waals surface area contributed by atoms with Gasteiger partial charge < -0.3 is 10.0 Å². The molecule has 1 aliphatic carbocycles. The van der Waals surface area contributed by atoms with Gasteiger partial charge in [0.05, 0.1) is 17.0 Å². The Balaban J connectivity index is 1.78. The Morgan fingerprint density at radius 1 is 1.14 bits per heavy atom. The van der Waals surface area contributed by atoms with Crippen LogP contribution in [0.3, 0.4) is 0 Å². The highest BCUT2D eigenvalue weighted by atomic mass is 32.2. The van der Waals surface area contributed by atoms with Crippen molar-refractivity contribution in [3.63, 3.8) is 0 Å². The number of carboxylic acid groups (broad SMARTS) is 1. The first-order chi connectivity index (χ1) is 10.4. The van der Waals surface area contributed by atoms with Gasteiger partial charge in [0.15, 0.2) is 0 Å². The monoisotopic (exact) mass is 324 g/mol. The number of carbonyl (C=O) groups is 2. The van der Waals surface area contributed by atoms with Crippen LogP contribution in [0, 0.1) is 0 Å². The second-order valence-corrected chi connectivity index (χ2v) is 7.42. The van der Waals surface area contributed by atoms with E-state index in [1.165, 1.54) is 24.3 Å². The Kier molecular flexibility index (Phi) is 3.65. The molecule has 2 fully saturated rings. The number of hydrogen-bond donors (Lipinski definition) is 1. The Morgan fingerprint density at radius 2 is 1.77 bits per heavy atom. The minimum atomic E-state index is -3.77. The third-order valence-corrected chi connectivity index (χ3v) is 5.81. The third kappa shape index (κ3) is 2.71. The fourth-order valence-corrected chi connectivity index (χ4v) is 3.94. The molecule has 0 radical (unpaired) electrons. The summed E-state index contributed by atoms with van der Waals surface area (Å²) in [7, 11) is -3.77. The van der Waals surface area contributed by atoms with Gasteiger partial charge in [-0.1, -0.05) is 0 Å². The molecule has 2 aliphatic rings. The van der Waals surface area contributed by atoms with Crippen molar-refractivity contribution in [3.05, 3.63) is 29.8 Å². The van der Waals surface area contributed by atoms with E-state index < -0.39 is 16.0 Å². The summed E-state index contributed by atoms with van der Waals surface area (Å²) in [5, 5.41) is 8.84. The topological polar surface area (TPSA) is 95.0 Å². The van der Waals surface area contributed by atoms with Crippen LogP contribution in [0.4, 0.5) is 0 Å². The number of piperazine rings is 1. The van der Waals surface area contributed by atoms with Crippen LogP contribution in [0.5, 0.6) is 0 Å². The molecule has 0 bridgehead atoms. The zero-order valence-electron chi connectivity index (χ0n) is 11.8. The summed E-state index contributed by atoms with van der Waals surface area (Å²) in [6, 6.07) is 5.30. The number of amides is 1. The Bertz CT molecular complexity index is 709. The summed E-state index contributed by atoms with van der Waals surface area (Å²) >= 11 is 0. The van der Waals surface area contributed by atoms with Gasteiger partial charge in [-0.05, 0) is 37.1 Å². The fraction of sp³-hybridized carbons (Fsp3) is 0.429. The highest BCUT2D eigenvalue weighted by Gasteiger charge is 2.39. The minimum absolute atomic E-state index is 0.00479. The van der Waals surface area contributed by atoms with Gasteiger partial charge in [-0.15, -0.1) is 0 Å². The maximum Gasteiger partial charge on any atom is 0.335 e. The first-order valence-electron chi connectivity index (χ1n) is 7.02. The van der Waals surface area contributed by atoms with Crippen molar-refractivity contribution in [2.45, 2.75) is 23.8 Å². The standard InChI is InChI=1S/C14H16N2O5S/c17-13-9-15(7-8-16(13)11-3-4-11)22(20,21)12-5-1-10(2-6-12)14(18)19/h1-2,5-6,11H,3-4,7-9H2,(H,18,19). The van der Waals surface area contributed by atoms with E-state index in [9.17, 15) is 18.0 Å². The lowest BCUT2D eigenvalue weighted by molar-refractivity contribution is -0.134. The van der Waals surface area contributed by atoms with Crippen LogP contribution >= 0.6 is 0 Å². The van der Waals surface area contributed by atoms with Crippen LogP contribution < -0.4 is 0 Å². The number of carbonyl (C=O) groups excluding carboxylic acids is 1. The summed E-state index contributed by atoms with van der Waals surface area (Å²) in [4.78, 5) is 24.6. The fourth-order valence-electron chi connectivity index (χ4n) is 2.56. The molecule has 0 atom stereocenters. The average molecular weight is 324 g/mol. The summed E-state index contributed by atoms with van der Waals surface area (Å²) in [5.41, 5.74) is 0.0218. The lowest BCUT2D eigenvalue weighted by Crippen LogP contribution is -2.52. The zero-order chi connectivity index (χ0) is 15.9. The van der Waals surface area contributed by atoms with Gasteiger partial charge in [0.25, 0.3) is 0 Å². The lowest BCUT2D eigenvalue weighted by Gasteiger charge is -2.33. The molecule has 1 heterocycles. The van der Waals surface area contributed by atoms with Gasteiger partial charge in [-0.3, -0.25) is 4.79 Å². The van der Waals surface area contributed by atoms with Gasteiger partial charge in [-0.2, -0.15) is 4.31 Å². The second-order valence-electron chi connectivity index (χ2n) is 5.49. The van der Waals surface area contributed by atoms with E-state index >= 15 is 0 Å². The number of sulfonamides is 1. The smallest absolute Gasteiger partial charge is 0.335 e. The molecule has 1 aromatic rings. The van der Waals surface area contributed by atoms with E-state index in [1.807, 2.05) is 0 Å². The maximum atomic E-state index is 12.5. The van der Waals surface area contributed by atoms with E-state index in [1.54, 1.807) is 4.90 Å². The number of nitrogens with zero attached hydrogens (tertiary/aromatic N) is 2. The summed E-state index contributed by atoms with van der Waals surface area (Å²) in [5.74, 6) is -1.28. The predicted octanol–water partition coefficient (Wildman–Crippen LogP) is 0.380. The molecule has 1 aliphatic heterocycles. The molecular weight excluding hydrogens is 308 g/mol. The van der Waals surface area contributed by atoms with Crippen molar-refractivity contribution in [1.82, 2.24) is 9.21 Å². The minimum Gasteiger partial charge on any atom is -0.478 e. The van der Waals surface area contributed by atoms with Gasteiger partial charge >= 0.3 is 5.97 Å². The molecule has 0 aromatic heterocycles. The van der Waals surface area contributed by atoms with Crippen LogP contribution in [0.2, 0.25) is 0 Å². The molecule has 8 heteroatoms. The zero-order valence-corrected chi connectivity index (χ0v) is 12.6. The van der Waals surface area contributed by atoms with Crippen molar-refractivity contribution < 1.29 is 23.1 Å². The molecule has 1 N–H and O–H groups in total. The summed E-state index contributed by atoms with van der Waals surface area (Å²) in [6.45, 7) is 0.528. The van der Waals surface area contributed by atoms with Crippen molar-refractivity contribution >= 4 is 21.9 Å². The van der Waals surface area contributed by atoms with E-state index in [0.717, 1.165) is 17.1 Å². The molecule has 0 unspecified atom stereocenters. The molecule has 1 amide bonds. The van der Waals surface area contributed by atoms with Gasteiger partial charge in [0, 0.05) is 19.1 Å². The van der Waals surface area contributed by atoms with E-state index in [4.69, 9.17) is 5.11 Å². The SMILES string of the molecule is O=C(O)c1ccc(S(=O)(=O)N2CCN(C3CC3)C(=O)C2)cc1. The van der Waals surface area contributed by atoms with E-state index in [2.05, 4.69) is 0 Å². The molecule has 1 aromatic carbocycles. The quantitative estimate of drug-likeness (QED) is 0.864. The van der Waals surface area contributed by atoms with Crippen LogP contribution in [-0.4, -0.2) is 60.3 Å². The van der Waals surface area contributed by atoms with Gasteiger partial charge in [0.1, 0.15) is 0 Å². The number of carboxylic acids is 1. The molecule has 3 rings (SSSR count). The number of aromatic carboxylic acids is 1. The Morgan fingerprint density at radius 3 is 2.27 bits per heavy atom. The number of benzene rings is 1. The van der Waals surface area contributed by atoms with Crippen LogP contribution in [0.1, 0.15) is 23.2 Å². The van der Waals surface area contributed by atoms with Gasteiger partial charge in [-0.25, -0.2) is 13.2 Å². The van der Waals surface area contributed by atoms with Crippen molar-refractivity contribution in [2.75, 3.05) is 19.6 Å². The third-order valence-electron chi connectivity index (χ3n) is 3.95. The van der Waals surface area contributed by atoms with Crippen molar-refractivity contribution in [1.29, 1.82) is 0 Å². The normalized spacial score (nSPS) is 20.2. The van der Waals surface area contributed by atoms with E-state index in [0.29, 0.717) is 6.54 Å². The maximum absolute atomic E-state index is 12.5. The molecular formula is C14H16N2O5S. The van der Waals surface area contributed by atoms with Gasteiger partial charge in [0.2, 0.25) is 15.9 Å². The Hall–Kier alpha value is -1.93. The molecule has 118 valence electrons. The van der Waals surface area contributed by atoms with Crippen molar-refractivity contribution in [2.24, 2.45) is 0 Å². The highest BCUT2D eigenvalue weighted by molar-refractivity contribution is 7.89. The van der Waals surface area contributed by atoms with Crippen LogP contribution in [-0.2, 0) is 14.8 Å². The molecule has 1 saturated heterocycles. The van der Waals surface area contributed by atoms with E-state index in [-0.39, 0.29) is 35.5 Å². The van der Waals surface area contributed by atoms with Crippen LogP contribution in [0.15, 0.2) is 29.2 Å². The average Bonchev–Trinajstić information content (AvgIpc) is 3.31. The molecule has 0 spiro atoms. The number of hydrogen-bond acceptors (Lipinski definition) is 4. The largest absolute Gasteiger partial charge is 0.478 e. The predicted molar refractivity (Wildman–Crippen MR) is 76.9 cm³/mol. The molecule has 22 heavy (non-hydrogen) atoms. The summed E-state index contributed by atoms with van der Waals surface area (Å²) in [6.07, 6.45) is 1.99. The summed E-state index contributed by atoms with van der Waals surface area (Å²) < 4.78 is 26.2. The van der Waals surface area contributed by atoms with Crippen molar-refractivity contribution in [3.8, 4) is 0 Å². The molecule has 7 nitrogen and oxygen atoms in total. The van der Waals surface area contributed by atoms with Crippen LogP contribution in [0.25, 0.3) is 0 Å². The second kappa shape index (κ2) is 5.36. The lowest BCUT2D eigenvalue weighted by atomic mass is 10.2.